The molecule has 2 aromatic rings. The Kier molecular flexibility index (Phi) is 3.62. The molecule has 0 amide bonds. The largest absolute Gasteiger partial charge is 0.329 e. The van der Waals surface area contributed by atoms with E-state index in [-0.39, 0.29) is 0 Å². The number of imidazole rings is 1. The predicted molar refractivity (Wildman–Crippen MR) is 73.7 cm³/mol. The van der Waals surface area contributed by atoms with Gasteiger partial charge in [-0.1, -0.05) is 26.7 Å². The molecule has 0 radical (unpaired) electrons. The lowest BCUT2D eigenvalue weighted by Crippen LogP contribution is -2.15. The molecule has 0 bridgehead atoms. The lowest BCUT2D eigenvalue weighted by molar-refractivity contribution is 0.337. The monoisotopic (exact) mass is 249 g/mol. The summed E-state index contributed by atoms with van der Waals surface area (Å²) >= 11 is 5.42. The van der Waals surface area contributed by atoms with Crippen molar-refractivity contribution in [1.82, 2.24) is 14.5 Å². The number of fused-ring (bicyclic) bond motifs is 1. The van der Waals surface area contributed by atoms with Crippen molar-refractivity contribution in [3.63, 3.8) is 0 Å². The Labute approximate surface area is 107 Å². The second-order valence-electron chi connectivity index (χ2n) is 4.51. The van der Waals surface area contributed by atoms with E-state index in [0.717, 1.165) is 15.8 Å². The SMILES string of the molecule is CCC(CC)C(C)n1c(=S)[nH]c2cnccc21. The van der Waals surface area contributed by atoms with Crippen LogP contribution >= 0.6 is 12.2 Å². The third kappa shape index (κ3) is 2.14. The molecule has 0 aliphatic rings. The molecule has 1 atom stereocenters. The van der Waals surface area contributed by atoms with Crippen LogP contribution < -0.4 is 0 Å². The molecule has 17 heavy (non-hydrogen) atoms. The van der Waals surface area contributed by atoms with Crippen LogP contribution in [-0.4, -0.2) is 14.5 Å². The van der Waals surface area contributed by atoms with E-state index in [2.05, 4.69) is 35.3 Å². The van der Waals surface area contributed by atoms with E-state index < -0.39 is 0 Å². The number of nitrogens with one attached hydrogen (secondary N) is 1. The molecule has 1 unspecified atom stereocenters. The van der Waals surface area contributed by atoms with Gasteiger partial charge >= 0.3 is 0 Å². The number of pyridine rings is 1. The smallest absolute Gasteiger partial charge is 0.178 e. The summed E-state index contributed by atoms with van der Waals surface area (Å²) in [5, 5.41) is 0. The average molecular weight is 249 g/mol. The minimum absolute atomic E-state index is 0.425. The molecule has 0 fully saturated rings. The number of aromatic amines is 1. The highest BCUT2D eigenvalue weighted by atomic mass is 32.1. The van der Waals surface area contributed by atoms with E-state index in [1.54, 1.807) is 0 Å². The maximum Gasteiger partial charge on any atom is 0.178 e. The van der Waals surface area contributed by atoms with E-state index in [4.69, 9.17) is 12.2 Å². The van der Waals surface area contributed by atoms with Crippen LogP contribution in [0.4, 0.5) is 0 Å². The molecule has 0 saturated heterocycles. The maximum atomic E-state index is 5.42. The van der Waals surface area contributed by atoms with Crippen LogP contribution in [0.3, 0.4) is 0 Å². The number of aromatic nitrogens is 3. The van der Waals surface area contributed by atoms with Gasteiger partial charge in [-0.05, 0) is 31.1 Å². The van der Waals surface area contributed by atoms with Crippen molar-refractivity contribution >= 4 is 23.3 Å². The number of hydrogen-bond donors (Lipinski definition) is 1. The fourth-order valence-electron chi connectivity index (χ4n) is 2.56. The Balaban J connectivity index is 2.54. The molecule has 4 heteroatoms. The third-order valence-electron chi connectivity index (χ3n) is 3.66. The van der Waals surface area contributed by atoms with Gasteiger partial charge < -0.3 is 9.55 Å². The molecule has 0 aromatic carbocycles. The summed E-state index contributed by atoms with van der Waals surface area (Å²) in [6.07, 6.45) is 6.01. The predicted octanol–water partition coefficient (Wildman–Crippen LogP) is 4.09. The van der Waals surface area contributed by atoms with Crippen molar-refractivity contribution in [2.75, 3.05) is 0 Å². The Bertz CT molecular complexity index is 551. The Morgan fingerprint density at radius 2 is 2.12 bits per heavy atom. The molecular weight excluding hydrogens is 230 g/mol. The fraction of sp³-hybridized carbons (Fsp3) is 0.538. The highest BCUT2D eigenvalue weighted by Gasteiger charge is 2.18. The van der Waals surface area contributed by atoms with E-state index in [0.29, 0.717) is 12.0 Å². The Morgan fingerprint density at radius 3 is 2.76 bits per heavy atom. The third-order valence-corrected chi connectivity index (χ3v) is 3.96. The number of nitrogens with zero attached hydrogens (tertiary/aromatic N) is 2. The first kappa shape index (κ1) is 12.3. The first-order valence-electron chi connectivity index (χ1n) is 6.23. The molecule has 92 valence electrons. The summed E-state index contributed by atoms with van der Waals surface area (Å²) in [4.78, 5) is 7.35. The summed E-state index contributed by atoms with van der Waals surface area (Å²) in [6, 6.07) is 2.45. The minimum Gasteiger partial charge on any atom is -0.329 e. The van der Waals surface area contributed by atoms with Crippen molar-refractivity contribution in [3.8, 4) is 0 Å². The standard InChI is InChI=1S/C13H19N3S/c1-4-10(5-2)9(3)16-12-6-7-14-8-11(12)15-13(16)17/h6-10H,4-5H2,1-3H3,(H,15,17). The van der Waals surface area contributed by atoms with E-state index in [9.17, 15) is 0 Å². The van der Waals surface area contributed by atoms with Gasteiger partial charge in [0, 0.05) is 12.2 Å². The molecule has 0 saturated carbocycles. The summed E-state index contributed by atoms with van der Waals surface area (Å²) < 4.78 is 3.02. The van der Waals surface area contributed by atoms with Crippen LogP contribution in [0.2, 0.25) is 0 Å². The Hall–Kier alpha value is -1.16. The average Bonchev–Trinajstić information content (AvgIpc) is 2.66. The van der Waals surface area contributed by atoms with Crippen LogP contribution in [0.15, 0.2) is 18.5 Å². The highest BCUT2D eigenvalue weighted by Crippen LogP contribution is 2.27. The minimum atomic E-state index is 0.425. The molecule has 0 spiro atoms. The van der Waals surface area contributed by atoms with Gasteiger partial charge in [-0.3, -0.25) is 4.98 Å². The van der Waals surface area contributed by atoms with Gasteiger partial charge in [0.2, 0.25) is 0 Å². The van der Waals surface area contributed by atoms with Crippen molar-refractivity contribution in [2.24, 2.45) is 5.92 Å². The van der Waals surface area contributed by atoms with Gasteiger partial charge in [-0.15, -0.1) is 0 Å². The Morgan fingerprint density at radius 1 is 1.41 bits per heavy atom. The zero-order valence-electron chi connectivity index (χ0n) is 10.6. The van der Waals surface area contributed by atoms with E-state index >= 15 is 0 Å². The molecule has 2 heterocycles. The number of hydrogen-bond acceptors (Lipinski definition) is 2. The van der Waals surface area contributed by atoms with Gasteiger partial charge in [0.15, 0.2) is 4.77 Å². The summed E-state index contributed by atoms with van der Waals surface area (Å²) in [5.74, 6) is 0.661. The van der Waals surface area contributed by atoms with Gasteiger partial charge in [0.1, 0.15) is 0 Å². The number of H-pyrrole nitrogens is 1. The van der Waals surface area contributed by atoms with Crippen molar-refractivity contribution < 1.29 is 0 Å². The summed E-state index contributed by atoms with van der Waals surface area (Å²) in [7, 11) is 0. The zero-order valence-corrected chi connectivity index (χ0v) is 11.4. The lowest BCUT2D eigenvalue weighted by atomic mass is 9.95. The first-order chi connectivity index (χ1) is 8.19. The van der Waals surface area contributed by atoms with E-state index in [1.807, 2.05) is 18.5 Å². The first-order valence-corrected chi connectivity index (χ1v) is 6.64. The zero-order chi connectivity index (χ0) is 12.4. The van der Waals surface area contributed by atoms with Gasteiger partial charge in [0.05, 0.1) is 17.2 Å². The van der Waals surface area contributed by atoms with Crippen LogP contribution in [-0.2, 0) is 0 Å². The molecule has 2 rings (SSSR count). The second-order valence-corrected chi connectivity index (χ2v) is 4.90. The van der Waals surface area contributed by atoms with E-state index in [1.165, 1.54) is 12.8 Å². The van der Waals surface area contributed by atoms with Gasteiger partial charge in [0.25, 0.3) is 0 Å². The normalized spacial score (nSPS) is 13.4. The van der Waals surface area contributed by atoms with Crippen molar-refractivity contribution in [2.45, 2.75) is 39.7 Å². The fourth-order valence-corrected chi connectivity index (χ4v) is 2.94. The molecule has 0 aliphatic heterocycles. The van der Waals surface area contributed by atoms with Crippen molar-refractivity contribution in [3.05, 3.63) is 23.2 Å². The quantitative estimate of drug-likeness (QED) is 0.828. The molecule has 2 aromatic heterocycles. The molecular formula is C13H19N3S. The van der Waals surface area contributed by atoms with Crippen LogP contribution in [0.1, 0.15) is 39.7 Å². The molecule has 3 nitrogen and oxygen atoms in total. The summed E-state index contributed by atoms with van der Waals surface area (Å²) in [6.45, 7) is 6.73. The van der Waals surface area contributed by atoms with Crippen LogP contribution in [0, 0.1) is 10.7 Å². The number of rotatable bonds is 4. The van der Waals surface area contributed by atoms with Crippen molar-refractivity contribution in [1.29, 1.82) is 0 Å². The lowest BCUT2D eigenvalue weighted by Gasteiger charge is -2.23. The molecule has 0 aliphatic carbocycles. The van der Waals surface area contributed by atoms with Gasteiger partial charge in [-0.2, -0.15) is 0 Å². The second kappa shape index (κ2) is 5.00. The molecule has 1 N–H and O–H groups in total. The highest BCUT2D eigenvalue weighted by molar-refractivity contribution is 7.71. The van der Waals surface area contributed by atoms with Crippen LogP contribution in [0.25, 0.3) is 11.0 Å². The topological polar surface area (TPSA) is 33.6 Å². The summed E-state index contributed by atoms with van der Waals surface area (Å²) in [5.41, 5.74) is 2.18. The van der Waals surface area contributed by atoms with Crippen LogP contribution in [0.5, 0.6) is 0 Å². The van der Waals surface area contributed by atoms with Gasteiger partial charge in [-0.25, -0.2) is 0 Å². The maximum absolute atomic E-state index is 5.42.